The van der Waals surface area contributed by atoms with Gasteiger partial charge in [-0.1, -0.05) is 0 Å². The first-order chi connectivity index (χ1) is 7.99. The summed E-state index contributed by atoms with van der Waals surface area (Å²) in [7, 11) is -4.11. The number of sulfonamides is 1. The van der Waals surface area contributed by atoms with Crippen LogP contribution in [0, 0.1) is 12.7 Å². The number of rotatable bonds is 3. The van der Waals surface area contributed by atoms with Gasteiger partial charge in [-0.3, -0.25) is 5.10 Å². The summed E-state index contributed by atoms with van der Waals surface area (Å²) < 4.78 is 38.7. The molecule has 0 atom stereocenters. The summed E-state index contributed by atoms with van der Waals surface area (Å²) in [5.41, 5.74) is 0. The van der Waals surface area contributed by atoms with E-state index in [1.807, 2.05) is 4.72 Å². The van der Waals surface area contributed by atoms with Gasteiger partial charge < -0.3 is 0 Å². The van der Waals surface area contributed by atoms with E-state index in [4.69, 9.17) is 0 Å². The Bertz CT molecular complexity index is 639. The number of hydrogen-bond acceptors (Lipinski definition) is 5. The molecule has 0 saturated heterocycles. The second kappa shape index (κ2) is 4.09. The maximum absolute atomic E-state index is 13.3. The van der Waals surface area contributed by atoms with Crippen molar-refractivity contribution in [3.63, 3.8) is 0 Å². The third-order valence-corrected chi connectivity index (χ3v) is 3.06. The number of aryl methyl sites for hydroxylation is 1. The molecule has 0 radical (unpaired) electrons. The minimum atomic E-state index is -4.11. The molecule has 7 nitrogen and oxygen atoms in total. The van der Waals surface area contributed by atoms with E-state index in [-0.39, 0.29) is 5.95 Å². The van der Waals surface area contributed by atoms with Crippen molar-refractivity contribution in [3.05, 3.63) is 30.0 Å². The van der Waals surface area contributed by atoms with Crippen molar-refractivity contribution in [2.75, 3.05) is 4.72 Å². The summed E-state index contributed by atoms with van der Waals surface area (Å²) >= 11 is 0. The second-order valence-corrected chi connectivity index (χ2v) is 4.74. The number of nitrogens with one attached hydrogen (secondary N) is 2. The quantitative estimate of drug-likeness (QED) is 0.831. The lowest BCUT2D eigenvalue weighted by Gasteiger charge is -2.03. The fourth-order valence-electron chi connectivity index (χ4n) is 1.13. The topological polar surface area (TPSA) is 101 Å². The molecule has 17 heavy (non-hydrogen) atoms. The Hall–Kier alpha value is -2.03. The summed E-state index contributed by atoms with van der Waals surface area (Å²) in [6.07, 6.45) is 1.18. The lowest BCUT2D eigenvalue weighted by molar-refractivity contribution is 0.556. The first-order valence-corrected chi connectivity index (χ1v) is 6.00. The zero-order chi connectivity index (χ0) is 12.5. The lowest BCUT2D eigenvalue weighted by atomic mass is 10.5. The van der Waals surface area contributed by atoms with E-state index in [1.165, 1.54) is 12.3 Å². The van der Waals surface area contributed by atoms with Crippen LogP contribution in [-0.2, 0) is 10.0 Å². The molecule has 9 heteroatoms. The van der Waals surface area contributed by atoms with Crippen LogP contribution in [0.15, 0.2) is 23.4 Å². The van der Waals surface area contributed by atoms with Gasteiger partial charge in [0.05, 0.1) is 0 Å². The van der Waals surface area contributed by atoms with Crippen LogP contribution in [-0.4, -0.2) is 28.6 Å². The van der Waals surface area contributed by atoms with E-state index in [2.05, 4.69) is 20.2 Å². The Morgan fingerprint density at radius 1 is 1.47 bits per heavy atom. The van der Waals surface area contributed by atoms with Crippen molar-refractivity contribution in [3.8, 4) is 0 Å². The number of nitrogens with zero attached hydrogens (tertiary/aromatic N) is 3. The third kappa shape index (κ3) is 2.38. The molecule has 0 aliphatic heterocycles. The van der Waals surface area contributed by atoms with Gasteiger partial charge in [-0.05, 0) is 19.1 Å². The minimum Gasteiger partial charge on any atom is -0.261 e. The van der Waals surface area contributed by atoms with Crippen LogP contribution in [0.1, 0.15) is 5.82 Å². The van der Waals surface area contributed by atoms with E-state index < -0.39 is 20.9 Å². The Morgan fingerprint density at radius 2 is 2.24 bits per heavy atom. The molecular weight excluding hydrogens is 249 g/mol. The predicted molar refractivity (Wildman–Crippen MR) is 56.1 cm³/mol. The highest BCUT2D eigenvalue weighted by molar-refractivity contribution is 7.92. The number of anilines is 1. The summed E-state index contributed by atoms with van der Waals surface area (Å²) in [6.45, 7) is 1.60. The molecule has 0 aliphatic carbocycles. The average molecular weight is 257 g/mol. The number of aromatic nitrogens is 4. The molecule has 2 N–H and O–H groups in total. The highest BCUT2D eigenvalue weighted by atomic mass is 32.2. The first kappa shape index (κ1) is 11.5. The van der Waals surface area contributed by atoms with Crippen molar-refractivity contribution in [2.45, 2.75) is 11.9 Å². The van der Waals surface area contributed by atoms with Gasteiger partial charge in [0.25, 0.3) is 16.0 Å². The van der Waals surface area contributed by atoms with Crippen molar-refractivity contribution in [2.24, 2.45) is 0 Å². The van der Waals surface area contributed by atoms with Crippen LogP contribution < -0.4 is 4.72 Å². The van der Waals surface area contributed by atoms with Crippen LogP contribution in [0.2, 0.25) is 0 Å². The zero-order valence-corrected chi connectivity index (χ0v) is 9.49. The van der Waals surface area contributed by atoms with Gasteiger partial charge in [-0.15, -0.1) is 5.10 Å². The maximum Gasteiger partial charge on any atom is 0.284 e. The Balaban J connectivity index is 2.35. The molecule has 90 valence electrons. The van der Waals surface area contributed by atoms with Gasteiger partial charge in [-0.2, -0.15) is 13.4 Å². The zero-order valence-electron chi connectivity index (χ0n) is 8.68. The molecule has 0 bridgehead atoms. The van der Waals surface area contributed by atoms with E-state index in [0.29, 0.717) is 5.82 Å². The number of aromatic amines is 1. The molecule has 0 amide bonds. The van der Waals surface area contributed by atoms with Gasteiger partial charge >= 0.3 is 0 Å². The standard InChI is InChI=1S/C8H8FN5O2S/c1-5-11-8(13-12-5)14-17(15,16)7-6(9)3-2-4-10-7/h2-4H,1H3,(H2,11,12,13,14). The highest BCUT2D eigenvalue weighted by Gasteiger charge is 2.21. The molecule has 0 saturated carbocycles. The van der Waals surface area contributed by atoms with E-state index >= 15 is 0 Å². The molecule has 2 aromatic rings. The Labute approximate surface area is 96.2 Å². The molecule has 0 fully saturated rings. The molecule has 2 rings (SSSR count). The number of hydrogen-bond donors (Lipinski definition) is 2. The van der Waals surface area contributed by atoms with Crippen molar-refractivity contribution in [1.29, 1.82) is 0 Å². The van der Waals surface area contributed by atoms with Gasteiger partial charge in [0.2, 0.25) is 5.03 Å². The Morgan fingerprint density at radius 3 is 2.82 bits per heavy atom. The van der Waals surface area contributed by atoms with Crippen molar-refractivity contribution >= 4 is 16.0 Å². The van der Waals surface area contributed by atoms with Gasteiger partial charge in [-0.25, -0.2) is 14.1 Å². The van der Waals surface area contributed by atoms with E-state index in [9.17, 15) is 12.8 Å². The normalized spacial score (nSPS) is 11.4. The number of halogens is 1. The van der Waals surface area contributed by atoms with Crippen LogP contribution in [0.5, 0.6) is 0 Å². The van der Waals surface area contributed by atoms with Crippen LogP contribution in [0.4, 0.5) is 10.3 Å². The smallest absolute Gasteiger partial charge is 0.261 e. The molecule has 2 heterocycles. The van der Waals surface area contributed by atoms with Crippen LogP contribution >= 0.6 is 0 Å². The SMILES string of the molecule is Cc1nc(NS(=O)(=O)c2ncccc2F)n[nH]1. The fourth-order valence-corrected chi connectivity index (χ4v) is 2.08. The number of pyridine rings is 1. The molecule has 0 unspecified atom stereocenters. The summed E-state index contributed by atoms with van der Waals surface area (Å²) in [6, 6.07) is 2.30. The van der Waals surface area contributed by atoms with E-state index in [1.54, 1.807) is 6.92 Å². The first-order valence-electron chi connectivity index (χ1n) is 4.51. The van der Waals surface area contributed by atoms with Gasteiger partial charge in [0.15, 0.2) is 5.82 Å². The fraction of sp³-hybridized carbons (Fsp3) is 0.125. The van der Waals surface area contributed by atoms with Gasteiger partial charge in [0, 0.05) is 6.20 Å². The Kier molecular flexibility index (Phi) is 2.76. The molecule has 0 aromatic carbocycles. The van der Waals surface area contributed by atoms with Crippen LogP contribution in [0.3, 0.4) is 0 Å². The minimum absolute atomic E-state index is 0.160. The molecule has 0 spiro atoms. The van der Waals surface area contributed by atoms with Crippen molar-refractivity contribution < 1.29 is 12.8 Å². The maximum atomic E-state index is 13.3. The van der Waals surface area contributed by atoms with Crippen LogP contribution in [0.25, 0.3) is 0 Å². The molecule has 0 aliphatic rings. The molecular formula is C8H8FN5O2S. The second-order valence-electron chi connectivity index (χ2n) is 3.14. The largest absolute Gasteiger partial charge is 0.284 e. The van der Waals surface area contributed by atoms with Crippen molar-refractivity contribution in [1.82, 2.24) is 20.2 Å². The summed E-state index contributed by atoms with van der Waals surface area (Å²) in [5.74, 6) is -0.663. The highest BCUT2D eigenvalue weighted by Crippen LogP contribution is 2.13. The monoisotopic (exact) mass is 257 g/mol. The summed E-state index contributed by atoms with van der Waals surface area (Å²) in [5, 5.41) is 5.34. The predicted octanol–water partition coefficient (Wildman–Crippen LogP) is 0.448. The number of H-pyrrole nitrogens is 1. The van der Waals surface area contributed by atoms with E-state index in [0.717, 1.165) is 6.07 Å². The molecule has 2 aromatic heterocycles. The summed E-state index contributed by atoms with van der Waals surface area (Å²) in [4.78, 5) is 7.21. The third-order valence-electron chi connectivity index (χ3n) is 1.80. The average Bonchev–Trinajstić information content (AvgIpc) is 2.63. The van der Waals surface area contributed by atoms with Gasteiger partial charge in [0.1, 0.15) is 5.82 Å². The lowest BCUT2D eigenvalue weighted by Crippen LogP contribution is -2.17.